The molecule has 3 aromatic rings. The molecule has 0 aliphatic carbocycles. The fraction of sp³-hybridized carbons (Fsp3) is 0.167. The van der Waals surface area contributed by atoms with Gasteiger partial charge in [-0.25, -0.2) is 0 Å². The van der Waals surface area contributed by atoms with Gasteiger partial charge in [-0.15, -0.1) is 0 Å². The van der Waals surface area contributed by atoms with Crippen molar-refractivity contribution in [1.82, 2.24) is 9.78 Å². The predicted molar refractivity (Wildman–Crippen MR) is 96.1 cm³/mol. The lowest BCUT2D eigenvalue weighted by molar-refractivity contribution is -0.143. The van der Waals surface area contributed by atoms with Gasteiger partial charge in [-0.3, -0.25) is 4.68 Å². The van der Waals surface area contributed by atoms with Crippen molar-refractivity contribution in [1.29, 1.82) is 0 Å². The van der Waals surface area contributed by atoms with Crippen LogP contribution in [0.25, 0.3) is 11.3 Å². The molecule has 148 valence electrons. The van der Waals surface area contributed by atoms with Gasteiger partial charge in [0.25, 0.3) is 0 Å². The van der Waals surface area contributed by atoms with Gasteiger partial charge in [-0.1, -0.05) is 12.1 Å². The third-order valence-corrected chi connectivity index (χ3v) is 4.49. The van der Waals surface area contributed by atoms with E-state index in [1.807, 2.05) is 0 Å². The van der Waals surface area contributed by atoms with Crippen LogP contribution in [0.2, 0.25) is 0 Å². The summed E-state index contributed by atoms with van der Waals surface area (Å²) in [4.78, 5) is 0. The molecule has 0 saturated carbocycles. The van der Waals surface area contributed by atoms with E-state index in [9.17, 15) is 26.3 Å². The fourth-order valence-electron chi connectivity index (χ4n) is 2.67. The van der Waals surface area contributed by atoms with Crippen molar-refractivity contribution < 1.29 is 26.3 Å². The second-order valence-corrected chi connectivity index (χ2v) is 6.82. The standard InChI is InChI=1S/C18H12BrF6N3/c1-28-16(15(19)9-26-28)10-3-2-4-13(5-10)27-14-7-11(17(20,21)22)6-12(8-14)18(23,24)25/h2-9,27H,1H3. The minimum Gasteiger partial charge on any atom is -0.355 e. The minimum atomic E-state index is -4.90. The van der Waals surface area contributed by atoms with Crippen LogP contribution < -0.4 is 5.32 Å². The van der Waals surface area contributed by atoms with Crippen molar-refractivity contribution in [3.8, 4) is 11.3 Å². The minimum absolute atomic E-state index is 0.0916. The number of nitrogens with one attached hydrogen (secondary N) is 1. The van der Waals surface area contributed by atoms with E-state index in [0.29, 0.717) is 33.6 Å². The first-order chi connectivity index (χ1) is 12.9. The molecule has 0 aliphatic heterocycles. The van der Waals surface area contributed by atoms with Gasteiger partial charge >= 0.3 is 12.4 Å². The first-order valence-corrected chi connectivity index (χ1v) is 8.59. The third-order valence-electron chi connectivity index (χ3n) is 3.91. The van der Waals surface area contributed by atoms with Crippen LogP contribution in [0.15, 0.2) is 53.1 Å². The Kier molecular flexibility index (Phi) is 5.18. The van der Waals surface area contributed by atoms with E-state index in [-0.39, 0.29) is 11.8 Å². The zero-order valence-electron chi connectivity index (χ0n) is 14.2. The van der Waals surface area contributed by atoms with E-state index in [2.05, 4.69) is 26.3 Å². The Balaban J connectivity index is 2.01. The van der Waals surface area contributed by atoms with Gasteiger partial charge < -0.3 is 5.32 Å². The van der Waals surface area contributed by atoms with E-state index in [4.69, 9.17) is 0 Å². The van der Waals surface area contributed by atoms with Crippen LogP contribution in [-0.2, 0) is 19.4 Å². The van der Waals surface area contributed by atoms with Gasteiger partial charge in [-0.05, 0) is 46.3 Å². The summed E-state index contributed by atoms with van der Waals surface area (Å²) < 4.78 is 80.3. The highest BCUT2D eigenvalue weighted by atomic mass is 79.9. The summed E-state index contributed by atoms with van der Waals surface area (Å²) in [6.07, 6.45) is -8.23. The highest BCUT2D eigenvalue weighted by Gasteiger charge is 2.36. The smallest absolute Gasteiger partial charge is 0.355 e. The molecular weight excluding hydrogens is 452 g/mol. The first kappa shape index (κ1) is 20.2. The maximum Gasteiger partial charge on any atom is 0.416 e. The molecule has 1 heterocycles. The number of alkyl halides is 6. The van der Waals surface area contributed by atoms with Crippen LogP contribution in [0.5, 0.6) is 0 Å². The highest BCUT2D eigenvalue weighted by molar-refractivity contribution is 9.10. The van der Waals surface area contributed by atoms with Gasteiger partial charge in [0, 0.05) is 24.0 Å². The average Bonchev–Trinajstić information content (AvgIpc) is 2.92. The van der Waals surface area contributed by atoms with Crippen LogP contribution in [-0.4, -0.2) is 9.78 Å². The lowest BCUT2D eigenvalue weighted by atomic mass is 10.1. The van der Waals surface area contributed by atoms with E-state index < -0.39 is 23.5 Å². The number of nitrogens with zero attached hydrogens (tertiary/aromatic N) is 2. The van der Waals surface area contributed by atoms with Crippen molar-refractivity contribution in [3.05, 3.63) is 64.3 Å². The second kappa shape index (κ2) is 7.16. The van der Waals surface area contributed by atoms with E-state index in [1.165, 1.54) is 0 Å². The maximum atomic E-state index is 13.0. The number of rotatable bonds is 3. The number of hydrogen-bond acceptors (Lipinski definition) is 2. The van der Waals surface area contributed by atoms with E-state index >= 15 is 0 Å². The summed E-state index contributed by atoms with van der Waals surface area (Å²) in [6, 6.07) is 7.91. The maximum absolute atomic E-state index is 13.0. The summed E-state index contributed by atoms with van der Waals surface area (Å²) in [7, 11) is 1.71. The molecule has 0 amide bonds. The molecule has 0 spiro atoms. The van der Waals surface area contributed by atoms with E-state index in [0.717, 1.165) is 0 Å². The molecule has 28 heavy (non-hydrogen) atoms. The number of anilines is 2. The largest absolute Gasteiger partial charge is 0.416 e. The van der Waals surface area contributed by atoms with Crippen molar-refractivity contribution >= 4 is 27.3 Å². The first-order valence-electron chi connectivity index (χ1n) is 7.79. The summed E-state index contributed by atoms with van der Waals surface area (Å²) in [6.45, 7) is 0. The molecule has 3 rings (SSSR count). The number of hydrogen-bond donors (Lipinski definition) is 1. The molecule has 0 bridgehead atoms. The van der Waals surface area contributed by atoms with Crippen LogP contribution in [0.3, 0.4) is 0 Å². The molecule has 0 saturated heterocycles. The average molecular weight is 464 g/mol. The Labute approximate surface area is 164 Å². The molecule has 1 aromatic heterocycles. The molecule has 0 unspecified atom stereocenters. The Bertz CT molecular complexity index is 956. The lowest BCUT2D eigenvalue weighted by Gasteiger charge is -2.16. The van der Waals surface area contributed by atoms with E-state index in [1.54, 1.807) is 42.2 Å². The molecule has 0 aliphatic rings. The second-order valence-electron chi connectivity index (χ2n) is 5.97. The lowest BCUT2D eigenvalue weighted by Crippen LogP contribution is -2.11. The SMILES string of the molecule is Cn1ncc(Br)c1-c1cccc(Nc2cc(C(F)(F)F)cc(C(F)(F)F)c2)c1. The molecule has 0 atom stereocenters. The monoisotopic (exact) mass is 463 g/mol. The van der Waals surface area contributed by atoms with Crippen molar-refractivity contribution in [2.45, 2.75) is 12.4 Å². The van der Waals surface area contributed by atoms with Gasteiger partial charge in [0.05, 0.1) is 27.5 Å². The van der Waals surface area contributed by atoms with Gasteiger partial charge in [0.2, 0.25) is 0 Å². The Morgan fingerprint density at radius 3 is 2.00 bits per heavy atom. The number of benzene rings is 2. The van der Waals surface area contributed by atoms with Gasteiger partial charge in [0.15, 0.2) is 0 Å². The molecule has 2 aromatic carbocycles. The Morgan fingerprint density at radius 1 is 0.893 bits per heavy atom. The molecule has 0 radical (unpaired) electrons. The molecular formula is C18H12BrF6N3. The van der Waals surface area contributed by atoms with Crippen LogP contribution in [0.1, 0.15) is 11.1 Å². The molecule has 3 nitrogen and oxygen atoms in total. The number of aryl methyl sites for hydroxylation is 1. The number of aromatic nitrogens is 2. The van der Waals surface area contributed by atoms with Gasteiger partial charge in [0.1, 0.15) is 0 Å². The van der Waals surface area contributed by atoms with Crippen molar-refractivity contribution in [2.75, 3.05) is 5.32 Å². The predicted octanol–water partition coefficient (Wildman–Crippen LogP) is 6.63. The zero-order valence-corrected chi connectivity index (χ0v) is 15.7. The van der Waals surface area contributed by atoms with Crippen LogP contribution in [0, 0.1) is 0 Å². The molecule has 0 fully saturated rings. The topological polar surface area (TPSA) is 29.9 Å². The zero-order chi connectivity index (χ0) is 20.7. The van der Waals surface area contributed by atoms with Crippen molar-refractivity contribution in [3.63, 3.8) is 0 Å². The Morgan fingerprint density at radius 2 is 1.50 bits per heavy atom. The number of halogens is 7. The highest BCUT2D eigenvalue weighted by Crippen LogP contribution is 2.38. The summed E-state index contributed by atoms with van der Waals surface area (Å²) >= 11 is 3.35. The Hall–Kier alpha value is -2.49. The third kappa shape index (κ3) is 4.32. The summed E-state index contributed by atoms with van der Waals surface area (Å²) in [5.41, 5.74) is -1.35. The fourth-order valence-corrected chi connectivity index (χ4v) is 3.25. The van der Waals surface area contributed by atoms with Crippen LogP contribution in [0.4, 0.5) is 37.7 Å². The van der Waals surface area contributed by atoms with Gasteiger partial charge in [-0.2, -0.15) is 31.4 Å². The molecule has 1 N–H and O–H groups in total. The summed E-state index contributed by atoms with van der Waals surface area (Å²) in [5, 5.41) is 6.71. The molecule has 10 heteroatoms. The van der Waals surface area contributed by atoms with Crippen LogP contribution >= 0.6 is 15.9 Å². The summed E-state index contributed by atoms with van der Waals surface area (Å²) in [5.74, 6) is 0. The normalized spacial score (nSPS) is 12.3. The van der Waals surface area contributed by atoms with Crippen molar-refractivity contribution in [2.24, 2.45) is 7.05 Å². The quantitative estimate of drug-likeness (QED) is 0.441.